The minimum atomic E-state index is -0.00809. The number of hydrogen-bond acceptors (Lipinski definition) is 3. The van der Waals surface area contributed by atoms with Gasteiger partial charge in [-0.1, -0.05) is 6.92 Å². The molecule has 0 unspecified atom stereocenters. The lowest BCUT2D eigenvalue weighted by Crippen LogP contribution is -2.33. The Labute approximate surface area is 108 Å². The van der Waals surface area contributed by atoms with E-state index in [1.54, 1.807) is 0 Å². The van der Waals surface area contributed by atoms with Crippen LogP contribution in [-0.4, -0.2) is 49.4 Å². The molecule has 5 nitrogen and oxygen atoms in total. The van der Waals surface area contributed by atoms with Crippen LogP contribution in [0.4, 0.5) is 0 Å². The molecule has 2 aliphatic rings. The fourth-order valence-corrected chi connectivity index (χ4v) is 2.79. The molecule has 0 bridgehead atoms. The molecule has 2 aliphatic heterocycles. The van der Waals surface area contributed by atoms with Crippen molar-refractivity contribution in [3.63, 3.8) is 0 Å². The summed E-state index contributed by atoms with van der Waals surface area (Å²) in [6.07, 6.45) is 1.60. The number of hydrogen-bond donors (Lipinski definition) is 2. The highest BCUT2D eigenvalue weighted by Crippen LogP contribution is 2.26. The van der Waals surface area contributed by atoms with Crippen molar-refractivity contribution >= 4 is 11.8 Å². The van der Waals surface area contributed by atoms with Crippen LogP contribution in [-0.2, 0) is 9.59 Å². The van der Waals surface area contributed by atoms with E-state index >= 15 is 0 Å². The Morgan fingerprint density at radius 2 is 1.89 bits per heavy atom. The number of fused-ring (bicyclic) bond motifs is 1. The summed E-state index contributed by atoms with van der Waals surface area (Å²) in [7, 11) is 0. The van der Waals surface area contributed by atoms with Crippen molar-refractivity contribution in [2.24, 2.45) is 11.8 Å². The molecule has 2 atom stereocenters. The normalized spacial score (nSPS) is 26.2. The van der Waals surface area contributed by atoms with Gasteiger partial charge in [0, 0.05) is 45.6 Å². The van der Waals surface area contributed by atoms with E-state index in [9.17, 15) is 9.59 Å². The van der Waals surface area contributed by atoms with Crippen molar-refractivity contribution in [2.75, 3.05) is 32.7 Å². The van der Waals surface area contributed by atoms with Gasteiger partial charge in [-0.05, 0) is 18.3 Å². The molecule has 2 saturated heterocycles. The third kappa shape index (κ3) is 3.22. The molecule has 0 aliphatic carbocycles. The van der Waals surface area contributed by atoms with Crippen LogP contribution in [0.3, 0.4) is 0 Å². The molecule has 102 valence electrons. The average Bonchev–Trinajstić information content (AvgIpc) is 2.93. The summed E-state index contributed by atoms with van der Waals surface area (Å²) < 4.78 is 0. The molecule has 2 rings (SSSR count). The molecule has 0 radical (unpaired) electrons. The maximum atomic E-state index is 12.0. The lowest BCUT2D eigenvalue weighted by Gasteiger charge is -2.17. The Morgan fingerprint density at radius 3 is 2.50 bits per heavy atom. The molecule has 2 amide bonds. The fraction of sp³-hybridized carbons (Fsp3) is 0.846. The zero-order valence-electron chi connectivity index (χ0n) is 11.1. The molecule has 18 heavy (non-hydrogen) atoms. The van der Waals surface area contributed by atoms with Gasteiger partial charge in [0.05, 0.1) is 0 Å². The Kier molecular flexibility index (Phi) is 4.58. The summed E-state index contributed by atoms with van der Waals surface area (Å²) in [4.78, 5) is 25.3. The Balaban J connectivity index is 1.68. The molecule has 2 heterocycles. The van der Waals surface area contributed by atoms with Crippen LogP contribution < -0.4 is 10.6 Å². The van der Waals surface area contributed by atoms with Gasteiger partial charge in [0.15, 0.2) is 0 Å². The Morgan fingerprint density at radius 1 is 1.22 bits per heavy atom. The predicted molar refractivity (Wildman–Crippen MR) is 69.0 cm³/mol. The first-order valence-electron chi connectivity index (χ1n) is 6.96. The summed E-state index contributed by atoms with van der Waals surface area (Å²) in [6, 6.07) is 0. The second kappa shape index (κ2) is 6.18. The average molecular weight is 253 g/mol. The van der Waals surface area contributed by atoms with Gasteiger partial charge in [-0.25, -0.2) is 0 Å². The fourth-order valence-electron chi connectivity index (χ4n) is 2.79. The molecule has 5 heteroatoms. The van der Waals surface area contributed by atoms with Gasteiger partial charge >= 0.3 is 0 Å². The summed E-state index contributed by atoms with van der Waals surface area (Å²) in [5.74, 6) is 1.38. The van der Waals surface area contributed by atoms with E-state index in [0.717, 1.165) is 32.6 Å². The van der Waals surface area contributed by atoms with E-state index in [0.29, 0.717) is 31.2 Å². The summed E-state index contributed by atoms with van der Waals surface area (Å²) in [6.45, 7) is 6.52. The number of carbonyl (C=O) groups is 2. The number of nitrogens with zero attached hydrogens (tertiary/aromatic N) is 1. The van der Waals surface area contributed by atoms with Gasteiger partial charge in [-0.15, -0.1) is 0 Å². The van der Waals surface area contributed by atoms with Crippen LogP contribution in [0.25, 0.3) is 0 Å². The van der Waals surface area contributed by atoms with Gasteiger partial charge in [-0.2, -0.15) is 0 Å². The van der Waals surface area contributed by atoms with Crippen LogP contribution in [0.15, 0.2) is 0 Å². The van der Waals surface area contributed by atoms with Gasteiger partial charge in [0.2, 0.25) is 11.8 Å². The number of amides is 2. The van der Waals surface area contributed by atoms with Crippen molar-refractivity contribution in [3.8, 4) is 0 Å². The molecule has 0 spiro atoms. The quantitative estimate of drug-likeness (QED) is 0.723. The first kappa shape index (κ1) is 13.3. The van der Waals surface area contributed by atoms with Crippen molar-refractivity contribution < 1.29 is 9.59 Å². The molecule has 2 N–H and O–H groups in total. The van der Waals surface area contributed by atoms with Gasteiger partial charge in [0.1, 0.15) is 0 Å². The smallest absolute Gasteiger partial charge is 0.223 e. The van der Waals surface area contributed by atoms with Crippen molar-refractivity contribution in [1.82, 2.24) is 15.5 Å². The summed E-state index contributed by atoms with van der Waals surface area (Å²) in [5.41, 5.74) is 0. The molecular weight excluding hydrogens is 230 g/mol. The Hall–Kier alpha value is -1.10. The summed E-state index contributed by atoms with van der Waals surface area (Å²) in [5, 5.41) is 6.15. The van der Waals surface area contributed by atoms with Crippen molar-refractivity contribution in [2.45, 2.75) is 26.2 Å². The van der Waals surface area contributed by atoms with Crippen LogP contribution in [0.5, 0.6) is 0 Å². The highest BCUT2D eigenvalue weighted by Gasteiger charge is 2.37. The van der Waals surface area contributed by atoms with E-state index in [2.05, 4.69) is 10.6 Å². The van der Waals surface area contributed by atoms with E-state index in [4.69, 9.17) is 0 Å². The lowest BCUT2D eigenvalue weighted by molar-refractivity contribution is -0.133. The van der Waals surface area contributed by atoms with E-state index in [1.807, 2.05) is 11.8 Å². The molecule has 2 fully saturated rings. The van der Waals surface area contributed by atoms with Crippen molar-refractivity contribution in [1.29, 1.82) is 0 Å². The number of carbonyl (C=O) groups excluding carboxylic acids is 2. The lowest BCUT2D eigenvalue weighted by atomic mass is 10.0. The van der Waals surface area contributed by atoms with Crippen LogP contribution in [0.2, 0.25) is 0 Å². The topological polar surface area (TPSA) is 61.4 Å². The Bertz CT molecular complexity index is 307. The van der Waals surface area contributed by atoms with Gasteiger partial charge in [0.25, 0.3) is 0 Å². The van der Waals surface area contributed by atoms with E-state index in [-0.39, 0.29) is 11.8 Å². The largest absolute Gasteiger partial charge is 0.356 e. The molecule has 0 aromatic carbocycles. The molecule has 0 aromatic rings. The highest BCUT2D eigenvalue weighted by molar-refractivity contribution is 5.83. The molecule has 0 aromatic heterocycles. The highest BCUT2D eigenvalue weighted by atomic mass is 16.2. The summed E-state index contributed by atoms with van der Waals surface area (Å²) >= 11 is 0. The van der Waals surface area contributed by atoms with Gasteiger partial charge in [-0.3, -0.25) is 9.59 Å². The second-order valence-corrected chi connectivity index (χ2v) is 5.33. The predicted octanol–water partition coefficient (Wildman–Crippen LogP) is -0.0294. The molecule has 0 saturated carbocycles. The number of nitrogens with one attached hydrogen (secondary N) is 2. The third-order valence-corrected chi connectivity index (χ3v) is 3.88. The maximum Gasteiger partial charge on any atom is 0.223 e. The SMILES string of the molecule is CCCNC(=O)CCC(=O)N1C[C@H]2CNC[C@H]2C1. The van der Waals surface area contributed by atoms with Gasteiger partial charge < -0.3 is 15.5 Å². The minimum Gasteiger partial charge on any atom is -0.356 e. The molecular formula is C13H23N3O2. The van der Waals surface area contributed by atoms with E-state index < -0.39 is 0 Å². The maximum absolute atomic E-state index is 12.0. The standard InChI is InChI=1S/C13H23N3O2/c1-2-5-15-12(17)3-4-13(18)16-8-10-6-14-7-11(10)9-16/h10-11,14H,2-9H2,1H3,(H,15,17)/t10-,11+. The van der Waals surface area contributed by atoms with Crippen LogP contribution in [0.1, 0.15) is 26.2 Å². The van der Waals surface area contributed by atoms with Crippen LogP contribution in [0, 0.1) is 11.8 Å². The third-order valence-electron chi connectivity index (χ3n) is 3.88. The number of likely N-dealkylation sites (tertiary alicyclic amines) is 1. The van der Waals surface area contributed by atoms with Crippen molar-refractivity contribution in [3.05, 3.63) is 0 Å². The van der Waals surface area contributed by atoms with Crippen LogP contribution >= 0.6 is 0 Å². The first-order chi connectivity index (χ1) is 8.70. The minimum absolute atomic E-state index is 0.00809. The first-order valence-corrected chi connectivity index (χ1v) is 6.96. The second-order valence-electron chi connectivity index (χ2n) is 5.33. The monoisotopic (exact) mass is 253 g/mol. The van der Waals surface area contributed by atoms with E-state index in [1.165, 1.54) is 0 Å². The zero-order valence-corrected chi connectivity index (χ0v) is 11.1. The number of rotatable bonds is 5. The zero-order chi connectivity index (χ0) is 13.0.